The monoisotopic (exact) mass is 357 g/mol. The maximum atomic E-state index is 12.3. The highest BCUT2D eigenvalue weighted by Gasteiger charge is 2.22. The number of hydrogen-bond acceptors (Lipinski definition) is 5. The summed E-state index contributed by atoms with van der Waals surface area (Å²) in [5.74, 6) is -1.79. The molecule has 3 rings (SSSR count). The average Bonchev–Trinajstić information content (AvgIpc) is 3.21. The molecule has 0 bridgehead atoms. The van der Waals surface area contributed by atoms with Crippen LogP contribution in [0.1, 0.15) is 27.6 Å². The standard InChI is InChI=1S/C17H15N3O4S/c1-9(15(22)20-16-11(14(18)21)6-7-25-16)24-17(23)12-8-19-13-5-3-2-4-10(12)13/h2-9,19H,1H3,(H2,18,21)(H,20,22)/t9-/m0/s1. The minimum absolute atomic E-state index is 0.216. The van der Waals surface area contributed by atoms with E-state index in [1.54, 1.807) is 17.6 Å². The van der Waals surface area contributed by atoms with Crippen molar-refractivity contribution >= 4 is 45.0 Å². The molecular formula is C17H15N3O4S. The molecule has 0 spiro atoms. The molecule has 0 aliphatic heterocycles. The molecule has 0 aliphatic rings. The van der Waals surface area contributed by atoms with Gasteiger partial charge in [0.25, 0.3) is 11.8 Å². The minimum atomic E-state index is -1.04. The lowest BCUT2D eigenvalue weighted by molar-refractivity contribution is -0.123. The van der Waals surface area contributed by atoms with Gasteiger partial charge < -0.3 is 20.8 Å². The number of esters is 1. The van der Waals surface area contributed by atoms with Crippen LogP contribution in [0.4, 0.5) is 5.00 Å². The molecule has 8 heteroatoms. The molecule has 1 atom stereocenters. The number of H-pyrrole nitrogens is 1. The molecule has 3 aromatic rings. The van der Waals surface area contributed by atoms with E-state index in [-0.39, 0.29) is 5.56 Å². The number of benzene rings is 1. The molecule has 1 aromatic carbocycles. The van der Waals surface area contributed by atoms with Crippen molar-refractivity contribution in [2.45, 2.75) is 13.0 Å². The Kier molecular flexibility index (Phi) is 4.53. The van der Waals surface area contributed by atoms with Gasteiger partial charge in [0.2, 0.25) is 0 Å². The predicted molar refractivity (Wildman–Crippen MR) is 94.6 cm³/mol. The van der Waals surface area contributed by atoms with Gasteiger partial charge in [0.05, 0.1) is 11.1 Å². The molecular weight excluding hydrogens is 342 g/mol. The first-order chi connectivity index (χ1) is 12.0. The van der Waals surface area contributed by atoms with E-state index in [1.807, 2.05) is 18.2 Å². The van der Waals surface area contributed by atoms with E-state index in [0.717, 1.165) is 22.2 Å². The lowest BCUT2D eigenvalue weighted by Gasteiger charge is -2.13. The fourth-order valence-electron chi connectivity index (χ4n) is 2.33. The quantitative estimate of drug-likeness (QED) is 0.609. The van der Waals surface area contributed by atoms with Crippen molar-refractivity contribution in [1.29, 1.82) is 0 Å². The number of primary amides is 1. The molecule has 2 aromatic heterocycles. The molecule has 0 saturated carbocycles. The van der Waals surface area contributed by atoms with Gasteiger partial charge in [-0.15, -0.1) is 11.3 Å². The summed E-state index contributed by atoms with van der Waals surface area (Å²) in [5, 5.41) is 5.23. The second-order valence-electron chi connectivity index (χ2n) is 5.31. The van der Waals surface area contributed by atoms with Crippen molar-refractivity contribution in [3.63, 3.8) is 0 Å². The van der Waals surface area contributed by atoms with Gasteiger partial charge in [-0.3, -0.25) is 9.59 Å². The van der Waals surface area contributed by atoms with Crippen LogP contribution >= 0.6 is 11.3 Å². The Morgan fingerprint density at radius 3 is 2.72 bits per heavy atom. The maximum Gasteiger partial charge on any atom is 0.341 e. The summed E-state index contributed by atoms with van der Waals surface area (Å²) in [4.78, 5) is 38.8. The third kappa shape index (κ3) is 3.38. The van der Waals surface area contributed by atoms with Crippen molar-refractivity contribution in [3.8, 4) is 0 Å². The SMILES string of the molecule is C[C@H](OC(=O)c1c[nH]c2ccccc12)C(=O)Nc1sccc1C(N)=O. The van der Waals surface area contributed by atoms with Crippen LogP contribution in [0, 0.1) is 0 Å². The second kappa shape index (κ2) is 6.78. The van der Waals surface area contributed by atoms with Gasteiger partial charge in [-0.25, -0.2) is 4.79 Å². The van der Waals surface area contributed by atoms with E-state index in [9.17, 15) is 14.4 Å². The van der Waals surface area contributed by atoms with Gasteiger partial charge in [-0.05, 0) is 24.4 Å². The van der Waals surface area contributed by atoms with Crippen LogP contribution in [0.2, 0.25) is 0 Å². The number of anilines is 1. The van der Waals surface area contributed by atoms with Crippen molar-refractivity contribution in [2.24, 2.45) is 5.73 Å². The molecule has 25 heavy (non-hydrogen) atoms. The molecule has 0 aliphatic carbocycles. The Labute approximate surface area is 146 Å². The normalized spacial score (nSPS) is 11.9. The zero-order valence-electron chi connectivity index (χ0n) is 13.2. The number of fused-ring (bicyclic) bond motifs is 1. The molecule has 4 N–H and O–H groups in total. The Morgan fingerprint density at radius 1 is 1.20 bits per heavy atom. The number of rotatable bonds is 5. The van der Waals surface area contributed by atoms with E-state index in [1.165, 1.54) is 13.0 Å². The number of carbonyl (C=O) groups is 3. The predicted octanol–water partition coefficient (Wildman–Crippen LogP) is 2.51. The molecule has 0 radical (unpaired) electrons. The Hall–Kier alpha value is -3.13. The summed E-state index contributed by atoms with van der Waals surface area (Å²) >= 11 is 1.16. The first kappa shape index (κ1) is 16.7. The number of nitrogens with one attached hydrogen (secondary N) is 2. The highest BCUT2D eigenvalue weighted by molar-refractivity contribution is 7.14. The van der Waals surface area contributed by atoms with E-state index in [0.29, 0.717) is 10.6 Å². The number of nitrogens with two attached hydrogens (primary N) is 1. The molecule has 7 nitrogen and oxygen atoms in total. The first-order valence-electron chi connectivity index (χ1n) is 7.42. The third-order valence-corrected chi connectivity index (χ3v) is 4.46. The fraction of sp³-hybridized carbons (Fsp3) is 0.118. The number of amides is 2. The van der Waals surface area contributed by atoms with Gasteiger partial charge in [-0.2, -0.15) is 0 Å². The van der Waals surface area contributed by atoms with Crippen LogP contribution in [0.5, 0.6) is 0 Å². The summed E-state index contributed by atoms with van der Waals surface area (Å²) in [6.45, 7) is 1.46. The van der Waals surface area contributed by atoms with Crippen LogP contribution in [-0.2, 0) is 9.53 Å². The summed E-state index contributed by atoms with van der Waals surface area (Å²) in [5.41, 5.74) is 6.61. The van der Waals surface area contributed by atoms with E-state index >= 15 is 0 Å². The Morgan fingerprint density at radius 2 is 1.96 bits per heavy atom. The fourth-order valence-corrected chi connectivity index (χ4v) is 3.13. The summed E-state index contributed by atoms with van der Waals surface area (Å²) in [6.07, 6.45) is 0.506. The van der Waals surface area contributed by atoms with Gasteiger partial charge in [0.15, 0.2) is 6.10 Å². The first-order valence-corrected chi connectivity index (χ1v) is 8.30. The van der Waals surface area contributed by atoms with Crippen LogP contribution in [0.25, 0.3) is 10.9 Å². The van der Waals surface area contributed by atoms with E-state index in [2.05, 4.69) is 10.3 Å². The van der Waals surface area contributed by atoms with E-state index < -0.39 is 23.9 Å². The Bertz CT molecular complexity index is 960. The highest BCUT2D eigenvalue weighted by Crippen LogP contribution is 2.23. The van der Waals surface area contributed by atoms with Crippen molar-refractivity contribution in [3.05, 3.63) is 53.0 Å². The van der Waals surface area contributed by atoms with Crippen LogP contribution < -0.4 is 11.1 Å². The van der Waals surface area contributed by atoms with Gasteiger partial charge >= 0.3 is 5.97 Å². The molecule has 2 amide bonds. The zero-order chi connectivity index (χ0) is 18.0. The van der Waals surface area contributed by atoms with Crippen LogP contribution in [0.15, 0.2) is 41.9 Å². The number of carbonyl (C=O) groups excluding carboxylic acids is 3. The van der Waals surface area contributed by atoms with Crippen molar-refractivity contribution < 1.29 is 19.1 Å². The summed E-state index contributed by atoms with van der Waals surface area (Å²) in [6, 6.07) is 8.81. The molecule has 0 unspecified atom stereocenters. The number of hydrogen-bond donors (Lipinski definition) is 3. The van der Waals surface area contributed by atoms with E-state index in [4.69, 9.17) is 10.5 Å². The summed E-state index contributed by atoms with van der Waals surface area (Å²) < 4.78 is 5.23. The highest BCUT2D eigenvalue weighted by atomic mass is 32.1. The van der Waals surface area contributed by atoms with Crippen LogP contribution in [0.3, 0.4) is 0 Å². The van der Waals surface area contributed by atoms with Gasteiger partial charge in [0.1, 0.15) is 5.00 Å². The molecule has 0 saturated heterocycles. The summed E-state index contributed by atoms with van der Waals surface area (Å²) in [7, 11) is 0. The number of ether oxygens (including phenoxy) is 1. The molecule has 0 fully saturated rings. The molecule has 2 heterocycles. The third-order valence-electron chi connectivity index (χ3n) is 3.63. The lowest BCUT2D eigenvalue weighted by atomic mass is 10.2. The topological polar surface area (TPSA) is 114 Å². The lowest BCUT2D eigenvalue weighted by Crippen LogP contribution is -2.30. The second-order valence-corrected chi connectivity index (χ2v) is 6.23. The average molecular weight is 357 g/mol. The maximum absolute atomic E-state index is 12.3. The zero-order valence-corrected chi connectivity index (χ0v) is 14.1. The van der Waals surface area contributed by atoms with Gasteiger partial charge in [-0.1, -0.05) is 18.2 Å². The van der Waals surface area contributed by atoms with Crippen LogP contribution in [-0.4, -0.2) is 28.9 Å². The van der Waals surface area contributed by atoms with Gasteiger partial charge in [0, 0.05) is 17.1 Å². The number of thiophene rings is 1. The van der Waals surface area contributed by atoms with Crippen molar-refractivity contribution in [2.75, 3.05) is 5.32 Å². The smallest absolute Gasteiger partial charge is 0.341 e. The van der Waals surface area contributed by atoms with Crippen molar-refractivity contribution in [1.82, 2.24) is 4.98 Å². The number of aromatic nitrogens is 1. The number of para-hydroxylation sites is 1. The largest absolute Gasteiger partial charge is 0.449 e. The Balaban J connectivity index is 1.70. The minimum Gasteiger partial charge on any atom is -0.449 e. The molecule has 128 valence electrons. The number of aromatic amines is 1.